The van der Waals surface area contributed by atoms with Gasteiger partial charge in [-0.05, 0) is 12.1 Å². The van der Waals surface area contributed by atoms with Gasteiger partial charge in [-0.3, -0.25) is 9.59 Å². The predicted molar refractivity (Wildman–Crippen MR) is 149 cm³/mol. The van der Waals surface area contributed by atoms with E-state index in [4.69, 9.17) is 28.4 Å². The van der Waals surface area contributed by atoms with Crippen molar-refractivity contribution in [3.8, 4) is 0 Å². The number of hydrogen-bond acceptors (Lipinski definition) is 10. The van der Waals surface area contributed by atoms with E-state index >= 15 is 0 Å². The van der Waals surface area contributed by atoms with Crippen molar-refractivity contribution in [2.45, 2.75) is 0 Å². The Bertz CT molecular complexity index is 1050. The third-order valence-electron chi connectivity index (χ3n) is 7.22. The van der Waals surface area contributed by atoms with E-state index in [1.54, 1.807) is 12.1 Å². The summed E-state index contributed by atoms with van der Waals surface area (Å²) in [5, 5.41) is 0. The third kappa shape index (κ3) is 6.88. The third-order valence-corrected chi connectivity index (χ3v) is 7.22. The lowest BCUT2D eigenvalue weighted by Gasteiger charge is -2.32. The molecule has 10 nitrogen and oxygen atoms in total. The molecule has 0 aromatic heterocycles. The van der Waals surface area contributed by atoms with Crippen LogP contribution in [0.1, 0.15) is 31.8 Å². The summed E-state index contributed by atoms with van der Waals surface area (Å²) in [5.41, 5.74) is 3.15. The molecule has 2 fully saturated rings. The Balaban J connectivity index is 1.47. The average Bonchev–Trinajstić information content (AvgIpc) is 2.96. The zero-order chi connectivity index (χ0) is 27.6. The highest BCUT2D eigenvalue weighted by Crippen LogP contribution is 2.38. The van der Waals surface area contributed by atoms with Gasteiger partial charge in [0.1, 0.15) is 0 Å². The summed E-state index contributed by atoms with van der Waals surface area (Å²) in [7, 11) is 0. The SMILES string of the molecule is O=C1c2cccc(N3CCOCCOCCOCC3)c2C(=O)c2c1cccc2N1CCOCCOCCOCC1. The van der Waals surface area contributed by atoms with Gasteiger partial charge in [-0.2, -0.15) is 0 Å². The minimum Gasteiger partial charge on any atom is -0.377 e. The van der Waals surface area contributed by atoms with Gasteiger partial charge >= 0.3 is 0 Å². The molecule has 2 saturated heterocycles. The van der Waals surface area contributed by atoms with Crippen molar-refractivity contribution in [1.82, 2.24) is 0 Å². The van der Waals surface area contributed by atoms with E-state index in [0.717, 1.165) is 11.4 Å². The zero-order valence-corrected chi connectivity index (χ0v) is 22.9. The summed E-state index contributed by atoms with van der Waals surface area (Å²) in [6, 6.07) is 11.0. The minimum absolute atomic E-state index is 0.147. The van der Waals surface area contributed by atoms with Crippen molar-refractivity contribution in [2.75, 3.05) is 115 Å². The molecule has 2 aliphatic heterocycles. The molecular formula is C30H38N2O8. The van der Waals surface area contributed by atoms with E-state index in [0.29, 0.717) is 128 Å². The first-order valence-corrected chi connectivity index (χ1v) is 14.1. The van der Waals surface area contributed by atoms with Crippen molar-refractivity contribution in [3.05, 3.63) is 58.7 Å². The van der Waals surface area contributed by atoms with Crippen molar-refractivity contribution in [1.29, 1.82) is 0 Å². The first-order valence-electron chi connectivity index (χ1n) is 14.1. The lowest BCUT2D eigenvalue weighted by molar-refractivity contribution is 0.0126. The molecule has 40 heavy (non-hydrogen) atoms. The smallest absolute Gasteiger partial charge is 0.198 e. The van der Waals surface area contributed by atoms with E-state index in [-0.39, 0.29) is 11.6 Å². The van der Waals surface area contributed by atoms with Crippen LogP contribution >= 0.6 is 0 Å². The predicted octanol–water partition coefficient (Wildman–Crippen LogP) is 2.20. The number of rotatable bonds is 2. The molecule has 2 aromatic rings. The van der Waals surface area contributed by atoms with E-state index < -0.39 is 0 Å². The van der Waals surface area contributed by atoms with Crippen LogP contribution in [0.4, 0.5) is 11.4 Å². The summed E-state index contributed by atoms with van der Waals surface area (Å²) in [5.74, 6) is -0.301. The summed E-state index contributed by atoms with van der Waals surface area (Å²) >= 11 is 0. The largest absolute Gasteiger partial charge is 0.377 e. The van der Waals surface area contributed by atoms with Gasteiger partial charge in [-0.15, -0.1) is 0 Å². The van der Waals surface area contributed by atoms with Gasteiger partial charge in [0.15, 0.2) is 11.6 Å². The van der Waals surface area contributed by atoms with Crippen LogP contribution in [0.25, 0.3) is 0 Å². The number of anilines is 2. The van der Waals surface area contributed by atoms with Crippen LogP contribution in [0.15, 0.2) is 36.4 Å². The maximum Gasteiger partial charge on any atom is 0.198 e. The van der Waals surface area contributed by atoms with Crippen LogP contribution in [0.5, 0.6) is 0 Å². The lowest BCUT2D eigenvalue weighted by atomic mass is 9.82. The molecule has 10 heteroatoms. The molecular weight excluding hydrogens is 516 g/mol. The molecule has 0 unspecified atom stereocenters. The van der Waals surface area contributed by atoms with Gasteiger partial charge in [-0.1, -0.05) is 24.3 Å². The molecule has 0 atom stereocenters. The highest BCUT2D eigenvalue weighted by Gasteiger charge is 2.35. The molecule has 216 valence electrons. The maximum absolute atomic E-state index is 14.4. The number of ketones is 2. The number of benzene rings is 2. The number of nitrogens with zero attached hydrogens (tertiary/aromatic N) is 2. The summed E-state index contributed by atoms with van der Waals surface area (Å²) in [6.45, 7) is 8.10. The average molecular weight is 555 g/mol. The molecule has 0 bridgehead atoms. The molecule has 0 radical (unpaired) electrons. The fourth-order valence-corrected chi connectivity index (χ4v) is 5.22. The second kappa shape index (κ2) is 14.7. The molecule has 0 saturated carbocycles. The molecule has 0 N–H and O–H groups in total. The molecule has 0 spiro atoms. The van der Waals surface area contributed by atoms with E-state index in [2.05, 4.69) is 9.80 Å². The van der Waals surface area contributed by atoms with Gasteiger partial charge in [-0.25, -0.2) is 0 Å². The molecule has 1 aliphatic carbocycles. The number of fused-ring (bicyclic) bond motifs is 2. The zero-order valence-electron chi connectivity index (χ0n) is 22.9. The van der Waals surface area contributed by atoms with Crippen LogP contribution in [-0.4, -0.2) is 117 Å². The second-order valence-corrected chi connectivity index (χ2v) is 9.71. The van der Waals surface area contributed by atoms with Crippen molar-refractivity contribution < 1.29 is 38.0 Å². The molecule has 2 heterocycles. The first-order chi connectivity index (χ1) is 19.8. The van der Waals surface area contributed by atoms with Crippen molar-refractivity contribution >= 4 is 22.9 Å². The highest BCUT2D eigenvalue weighted by molar-refractivity contribution is 6.31. The molecule has 2 aromatic carbocycles. The Morgan fingerprint density at radius 2 is 0.750 bits per heavy atom. The van der Waals surface area contributed by atoms with Crippen LogP contribution in [0.3, 0.4) is 0 Å². The van der Waals surface area contributed by atoms with E-state index in [9.17, 15) is 9.59 Å². The second-order valence-electron chi connectivity index (χ2n) is 9.71. The fraction of sp³-hybridized carbons (Fsp3) is 0.533. The normalized spacial score (nSPS) is 20.8. The van der Waals surface area contributed by atoms with Crippen LogP contribution in [0.2, 0.25) is 0 Å². The lowest BCUT2D eigenvalue weighted by Crippen LogP contribution is -2.36. The van der Waals surface area contributed by atoms with Crippen molar-refractivity contribution in [3.63, 3.8) is 0 Å². The molecule has 5 rings (SSSR count). The Morgan fingerprint density at radius 1 is 0.425 bits per heavy atom. The quantitative estimate of drug-likeness (QED) is 0.469. The monoisotopic (exact) mass is 554 g/mol. The van der Waals surface area contributed by atoms with Gasteiger partial charge in [0.05, 0.1) is 90.4 Å². The fourth-order valence-electron chi connectivity index (χ4n) is 5.22. The van der Waals surface area contributed by atoms with Crippen LogP contribution < -0.4 is 9.80 Å². The van der Waals surface area contributed by atoms with Gasteiger partial charge in [0, 0.05) is 48.7 Å². The van der Waals surface area contributed by atoms with E-state index in [1.165, 1.54) is 0 Å². The maximum atomic E-state index is 14.4. The number of ether oxygens (including phenoxy) is 6. The summed E-state index contributed by atoms with van der Waals surface area (Å²) in [6.07, 6.45) is 0. The molecule has 0 amide bonds. The standard InChI is InChI=1S/C30H38N2O8/c33-29-23-3-1-5-25(31-7-11-35-15-19-39-20-16-36-12-8-31)27(23)30(34)28-24(29)4-2-6-26(28)32-9-13-37-17-21-40-22-18-38-14-10-32/h1-6H,7-22H2. The Morgan fingerprint density at radius 3 is 1.10 bits per heavy atom. The molecule has 3 aliphatic rings. The number of carbonyl (C=O) groups excluding carboxylic acids is 2. The minimum atomic E-state index is -0.154. The Hall–Kier alpha value is -2.86. The summed E-state index contributed by atoms with van der Waals surface area (Å²) in [4.78, 5) is 32.4. The van der Waals surface area contributed by atoms with Gasteiger partial charge < -0.3 is 38.2 Å². The first kappa shape index (κ1) is 28.7. The number of carbonyl (C=O) groups is 2. The Labute approximate surface area is 235 Å². The van der Waals surface area contributed by atoms with Crippen molar-refractivity contribution in [2.24, 2.45) is 0 Å². The Kier molecular flexibility index (Phi) is 10.5. The number of hydrogen-bond donors (Lipinski definition) is 0. The van der Waals surface area contributed by atoms with Gasteiger partial charge in [0.25, 0.3) is 0 Å². The van der Waals surface area contributed by atoms with Gasteiger partial charge in [0.2, 0.25) is 0 Å². The van der Waals surface area contributed by atoms with Crippen LogP contribution in [0, 0.1) is 0 Å². The van der Waals surface area contributed by atoms with E-state index in [1.807, 2.05) is 24.3 Å². The highest BCUT2D eigenvalue weighted by atomic mass is 16.5. The summed E-state index contributed by atoms with van der Waals surface area (Å²) < 4.78 is 34.0. The van der Waals surface area contributed by atoms with Crippen LogP contribution in [-0.2, 0) is 28.4 Å². The topological polar surface area (TPSA) is 96.0 Å².